The number of rotatable bonds is 1. The fourth-order valence-corrected chi connectivity index (χ4v) is 2.04. The first-order valence-electron chi connectivity index (χ1n) is 5.67. The Kier molecular flexibility index (Phi) is 2.97. The molecule has 0 saturated carbocycles. The molecule has 0 spiro atoms. The van der Waals surface area contributed by atoms with Gasteiger partial charge in [0.15, 0.2) is 11.0 Å². The molecule has 1 aliphatic heterocycles. The van der Waals surface area contributed by atoms with Gasteiger partial charge in [-0.15, -0.1) is 10.2 Å². The van der Waals surface area contributed by atoms with Crippen molar-refractivity contribution in [2.45, 2.75) is 0 Å². The van der Waals surface area contributed by atoms with Crippen LogP contribution < -0.4 is 5.32 Å². The van der Waals surface area contributed by atoms with Gasteiger partial charge in [-0.25, -0.2) is 0 Å². The van der Waals surface area contributed by atoms with Crippen LogP contribution in [0.2, 0.25) is 5.15 Å². The second kappa shape index (κ2) is 4.78. The van der Waals surface area contributed by atoms with Crippen LogP contribution >= 0.6 is 11.6 Å². The summed E-state index contributed by atoms with van der Waals surface area (Å²) in [7, 11) is 0. The van der Waals surface area contributed by atoms with Gasteiger partial charge in [-0.05, 0) is 6.07 Å². The Hall–Kier alpha value is -2.27. The highest BCUT2D eigenvalue weighted by atomic mass is 35.5. The summed E-state index contributed by atoms with van der Waals surface area (Å²) in [5, 5.41) is 10.6. The number of fused-ring (bicyclic) bond motifs is 1. The molecule has 1 aromatic carbocycles. The zero-order valence-corrected chi connectivity index (χ0v) is 10.6. The summed E-state index contributed by atoms with van der Waals surface area (Å²) in [5.74, 6) is 0.165. The molecule has 5 nitrogen and oxygen atoms in total. The summed E-state index contributed by atoms with van der Waals surface area (Å²) >= 11 is 5.88. The summed E-state index contributed by atoms with van der Waals surface area (Å²) in [6, 6.07) is 11.2. The molecule has 1 aromatic heterocycles. The summed E-state index contributed by atoms with van der Waals surface area (Å²) in [5.41, 5.74) is 2.27. The average molecular weight is 273 g/mol. The molecule has 0 atom stereocenters. The van der Waals surface area contributed by atoms with Crippen LogP contribution in [0.5, 0.6) is 0 Å². The zero-order chi connectivity index (χ0) is 13.2. The number of aliphatic imine (C=N–C) groups is 1. The zero-order valence-electron chi connectivity index (χ0n) is 9.80. The van der Waals surface area contributed by atoms with Gasteiger partial charge < -0.3 is 5.32 Å². The minimum atomic E-state index is -0.219. The van der Waals surface area contributed by atoms with Gasteiger partial charge in [0.25, 0.3) is 0 Å². The lowest BCUT2D eigenvalue weighted by atomic mass is 10.0. The Morgan fingerprint density at radius 2 is 1.95 bits per heavy atom. The predicted molar refractivity (Wildman–Crippen MR) is 72.6 cm³/mol. The number of benzene rings is 1. The Balaban J connectivity index is 2.20. The highest BCUT2D eigenvalue weighted by Crippen LogP contribution is 2.22. The largest absolute Gasteiger partial charge is 0.307 e. The van der Waals surface area contributed by atoms with E-state index < -0.39 is 0 Å². The first-order valence-corrected chi connectivity index (χ1v) is 6.05. The molecule has 0 radical (unpaired) electrons. The van der Waals surface area contributed by atoms with Crippen molar-refractivity contribution < 1.29 is 4.79 Å². The standard InChI is InChI=1S/C13H9ClN4O/c14-10-6-9-12(8-4-2-1-3-5-8)15-7-11(19)16-13(9)18-17-10/h1-6H,7H2,(H,16,18,19). The van der Waals surface area contributed by atoms with E-state index in [-0.39, 0.29) is 17.6 Å². The minimum Gasteiger partial charge on any atom is -0.307 e. The topological polar surface area (TPSA) is 67.2 Å². The maximum absolute atomic E-state index is 11.6. The smallest absolute Gasteiger partial charge is 0.247 e. The van der Waals surface area contributed by atoms with Crippen LogP contribution in [0.25, 0.3) is 0 Å². The number of nitrogens with zero attached hydrogens (tertiary/aromatic N) is 3. The van der Waals surface area contributed by atoms with E-state index in [1.54, 1.807) is 6.07 Å². The van der Waals surface area contributed by atoms with E-state index in [0.717, 1.165) is 5.56 Å². The molecule has 2 heterocycles. The van der Waals surface area contributed by atoms with Crippen molar-refractivity contribution >= 4 is 29.0 Å². The molecule has 0 bridgehead atoms. The molecule has 94 valence electrons. The second-order valence-electron chi connectivity index (χ2n) is 4.01. The van der Waals surface area contributed by atoms with Crippen LogP contribution in [0.4, 0.5) is 5.82 Å². The summed E-state index contributed by atoms with van der Waals surface area (Å²) in [6.45, 7) is 0.0538. The molecule has 3 rings (SSSR count). The molecule has 0 fully saturated rings. The van der Waals surface area contributed by atoms with Gasteiger partial charge in [0, 0.05) is 11.1 Å². The number of anilines is 1. The van der Waals surface area contributed by atoms with E-state index in [4.69, 9.17) is 11.6 Å². The van der Waals surface area contributed by atoms with Gasteiger partial charge in [0.05, 0.1) is 5.71 Å². The van der Waals surface area contributed by atoms with E-state index in [9.17, 15) is 4.79 Å². The van der Waals surface area contributed by atoms with E-state index in [0.29, 0.717) is 17.1 Å². The van der Waals surface area contributed by atoms with E-state index >= 15 is 0 Å². The molecule has 19 heavy (non-hydrogen) atoms. The summed E-state index contributed by atoms with van der Waals surface area (Å²) in [4.78, 5) is 15.9. The number of nitrogens with one attached hydrogen (secondary N) is 1. The molecular formula is C13H9ClN4O. The van der Waals surface area contributed by atoms with Gasteiger partial charge in [-0.3, -0.25) is 9.79 Å². The number of hydrogen-bond donors (Lipinski definition) is 1. The first kappa shape index (κ1) is 11.8. The summed E-state index contributed by atoms with van der Waals surface area (Å²) < 4.78 is 0. The van der Waals surface area contributed by atoms with Crippen molar-refractivity contribution in [2.75, 3.05) is 11.9 Å². The van der Waals surface area contributed by atoms with Gasteiger partial charge >= 0.3 is 0 Å². The highest BCUT2D eigenvalue weighted by Gasteiger charge is 2.19. The van der Waals surface area contributed by atoms with Crippen molar-refractivity contribution in [1.82, 2.24) is 10.2 Å². The third-order valence-electron chi connectivity index (χ3n) is 2.71. The Labute approximate surface area is 114 Å². The third kappa shape index (κ3) is 2.32. The van der Waals surface area contributed by atoms with Crippen LogP contribution in [-0.4, -0.2) is 28.4 Å². The normalized spacial score (nSPS) is 14.2. The summed E-state index contributed by atoms with van der Waals surface area (Å²) in [6.07, 6.45) is 0. The molecule has 1 aliphatic rings. The fraction of sp³-hybridized carbons (Fsp3) is 0.0769. The lowest BCUT2D eigenvalue weighted by Gasteiger charge is -2.08. The Bertz CT molecular complexity index is 670. The van der Waals surface area contributed by atoms with Gasteiger partial charge in [0.1, 0.15) is 6.54 Å². The Morgan fingerprint density at radius 3 is 2.74 bits per heavy atom. The van der Waals surface area contributed by atoms with Crippen molar-refractivity contribution in [2.24, 2.45) is 4.99 Å². The van der Waals surface area contributed by atoms with Gasteiger partial charge in [0.2, 0.25) is 5.91 Å². The lowest BCUT2D eigenvalue weighted by Crippen LogP contribution is -2.15. The van der Waals surface area contributed by atoms with E-state index in [1.807, 2.05) is 30.3 Å². The van der Waals surface area contributed by atoms with Crippen LogP contribution in [0.15, 0.2) is 41.4 Å². The maximum atomic E-state index is 11.6. The highest BCUT2D eigenvalue weighted by molar-refractivity contribution is 6.30. The number of hydrogen-bond acceptors (Lipinski definition) is 4. The monoisotopic (exact) mass is 272 g/mol. The van der Waals surface area contributed by atoms with E-state index in [1.165, 1.54) is 0 Å². The molecular weight excluding hydrogens is 264 g/mol. The molecule has 0 unspecified atom stereocenters. The SMILES string of the molecule is O=C1CN=C(c2ccccc2)c2cc(Cl)nnc2N1. The number of carbonyl (C=O) groups is 1. The first-order chi connectivity index (χ1) is 9.24. The molecule has 0 aliphatic carbocycles. The lowest BCUT2D eigenvalue weighted by molar-refractivity contribution is -0.114. The van der Waals surface area contributed by atoms with Crippen molar-refractivity contribution in [1.29, 1.82) is 0 Å². The van der Waals surface area contributed by atoms with Crippen molar-refractivity contribution in [3.8, 4) is 0 Å². The van der Waals surface area contributed by atoms with Crippen LogP contribution in [-0.2, 0) is 4.79 Å². The molecule has 0 saturated heterocycles. The number of aromatic nitrogens is 2. The number of halogens is 1. The minimum absolute atomic E-state index is 0.0538. The predicted octanol–water partition coefficient (Wildman–Crippen LogP) is 1.92. The van der Waals surface area contributed by atoms with Crippen LogP contribution in [0, 0.1) is 0 Å². The maximum Gasteiger partial charge on any atom is 0.247 e. The molecule has 1 N–H and O–H groups in total. The molecule has 6 heteroatoms. The van der Waals surface area contributed by atoms with Gasteiger partial charge in [-0.1, -0.05) is 41.9 Å². The Morgan fingerprint density at radius 1 is 1.16 bits per heavy atom. The average Bonchev–Trinajstić information content (AvgIpc) is 2.58. The van der Waals surface area contributed by atoms with Crippen molar-refractivity contribution in [3.05, 3.63) is 52.7 Å². The van der Waals surface area contributed by atoms with E-state index in [2.05, 4.69) is 20.5 Å². The second-order valence-corrected chi connectivity index (χ2v) is 4.40. The number of carbonyl (C=O) groups excluding carboxylic acids is 1. The van der Waals surface area contributed by atoms with Crippen molar-refractivity contribution in [3.63, 3.8) is 0 Å². The molecule has 2 aromatic rings. The fourth-order valence-electron chi connectivity index (χ4n) is 1.89. The third-order valence-corrected chi connectivity index (χ3v) is 2.89. The van der Waals surface area contributed by atoms with Gasteiger partial charge in [-0.2, -0.15) is 0 Å². The van der Waals surface area contributed by atoms with Crippen LogP contribution in [0.1, 0.15) is 11.1 Å². The quantitative estimate of drug-likeness (QED) is 0.862. The molecule has 1 amide bonds. The number of amides is 1. The van der Waals surface area contributed by atoms with Crippen LogP contribution in [0.3, 0.4) is 0 Å².